The summed E-state index contributed by atoms with van der Waals surface area (Å²) in [6.07, 6.45) is 0. The van der Waals surface area contributed by atoms with E-state index >= 15 is 0 Å². The van der Waals surface area contributed by atoms with Gasteiger partial charge in [-0.1, -0.05) is 6.92 Å². The molecule has 0 saturated carbocycles. The maximum atomic E-state index is 4.10. The molecule has 0 saturated heterocycles. The molecule has 2 heterocycles. The fraction of sp³-hybridized carbons (Fsp3) is 0.583. The van der Waals surface area contributed by atoms with Gasteiger partial charge in [-0.05, 0) is 49.4 Å². The van der Waals surface area contributed by atoms with Crippen molar-refractivity contribution in [2.45, 2.75) is 40.3 Å². The molecule has 0 aromatic carbocycles. The Morgan fingerprint density at radius 1 is 1.44 bits per heavy atom. The van der Waals surface area contributed by atoms with Crippen LogP contribution in [0.1, 0.15) is 41.0 Å². The van der Waals surface area contributed by atoms with E-state index in [1.807, 2.05) is 16.0 Å². The maximum Gasteiger partial charge on any atom is 0.168 e. The quantitative estimate of drug-likeness (QED) is 0.899. The number of tetrazole rings is 1. The SMILES string of the molecule is CCNC(C)c1nnnn1Cc1cc(C)c(C)s1. The minimum atomic E-state index is 0.173. The Morgan fingerprint density at radius 2 is 2.22 bits per heavy atom. The third-order valence-electron chi connectivity index (χ3n) is 2.98. The molecule has 2 aromatic rings. The molecular formula is C12H19N5S. The van der Waals surface area contributed by atoms with E-state index in [-0.39, 0.29) is 6.04 Å². The van der Waals surface area contributed by atoms with Crippen molar-refractivity contribution in [2.75, 3.05) is 6.54 Å². The lowest BCUT2D eigenvalue weighted by Crippen LogP contribution is -2.22. The van der Waals surface area contributed by atoms with Crippen LogP contribution in [0.15, 0.2) is 6.07 Å². The molecule has 98 valence electrons. The van der Waals surface area contributed by atoms with E-state index in [9.17, 15) is 0 Å². The molecule has 0 radical (unpaired) electrons. The molecule has 0 fully saturated rings. The first-order valence-corrected chi connectivity index (χ1v) is 6.98. The summed E-state index contributed by atoms with van der Waals surface area (Å²) in [5.41, 5.74) is 1.34. The Kier molecular flexibility index (Phi) is 4.08. The smallest absolute Gasteiger partial charge is 0.168 e. The van der Waals surface area contributed by atoms with E-state index in [0.29, 0.717) is 0 Å². The molecule has 0 bridgehead atoms. The Labute approximate surface area is 111 Å². The summed E-state index contributed by atoms with van der Waals surface area (Å²) in [4.78, 5) is 2.65. The fourth-order valence-corrected chi connectivity index (χ4v) is 2.94. The molecule has 0 aliphatic carbocycles. The molecule has 2 aromatic heterocycles. The standard InChI is InChI=1S/C12H19N5S/c1-5-13-9(3)12-14-15-16-17(12)7-11-6-8(2)10(4)18-11/h6,9,13H,5,7H2,1-4H3. The molecule has 0 aliphatic heterocycles. The number of nitrogens with one attached hydrogen (secondary N) is 1. The third kappa shape index (κ3) is 2.76. The molecule has 18 heavy (non-hydrogen) atoms. The van der Waals surface area contributed by atoms with Gasteiger partial charge in [0.1, 0.15) is 0 Å². The fourth-order valence-electron chi connectivity index (χ4n) is 1.91. The van der Waals surface area contributed by atoms with Crippen LogP contribution < -0.4 is 5.32 Å². The number of nitrogens with zero attached hydrogens (tertiary/aromatic N) is 4. The van der Waals surface area contributed by atoms with Crippen molar-refractivity contribution in [2.24, 2.45) is 0 Å². The van der Waals surface area contributed by atoms with Crippen molar-refractivity contribution in [3.8, 4) is 0 Å². The average Bonchev–Trinajstić information content (AvgIpc) is 2.88. The van der Waals surface area contributed by atoms with Crippen LogP contribution in [0.5, 0.6) is 0 Å². The first kappa shape index (κ1) is 13.2. The Morgan fingerprint density at radius 3 is 2.83 bits per heavy atom. The summed E-state index contributed by atoms with van der Waals surface area (Å²) >= 11 is 1.81. The van der Waals surface area contributed by atoms with Crippen LogP contribution in [-0.2, 0) is 6.54 Å². The van der Waals surface area contributed by atoms with E-state index in [2.05, 4.69) is 54.6 Å². The van der Waals surface area contributed by atoms with Gasteiger partial charge in [-0.25, -0.2) is 4.68 Å². The van der Waals surface area contributed by atoms with Gasteiger partial charge in [0.25, 0.3) is 0 Å². The molecule has 5 nitrogen and oxygen atoms in total. The number of hydrogen-bond donors (Lipinski definition) is 1. The molecule has 6 heteroatoms. The van der Waals surface area contributed by atoms with E-state index in [1.54, 1.807) is 0 Å². The van der Waals surface area contributed by atoms with Gasteiger partial charge in [-0.3, -0.25) is 0 Å². The minimum Gasteiger partial charge on any atom is -0.308 e. The van der Waals surface area contributed by atoms with Crippen molar-refractivity contribution >= 4 is 11.3 Å². The van der Waals surface area contributed by atoms with Crippen LogP contribution in [0.25, 0.3) is 0 Å². The van der Waals surface area contributed by atoms with Gasteiger partial charge < -0.3 is 5.32 Å². The van der Waals surface area contributed by atoms with Gasteiger partial charge in [0.15, 0.2) is 5.82 Å². The summed E-state index contributed by atoms with van der Waals surface area (Å²) in [6, 6.07) is 2.38. The van der Waals surface area contributed by atoms with Crippen LogP contribution >= 0.6 is 11.3 Å². The lowest BCUT2D eigenvalue weighted by atomic mass is 10.3. The molecule has 0 spiro atoms. The van der Waals surface area contributed by atoms with Crippen molar-refractivity contribution in [3.05, 3.63) is 27.2 Å². The molecule has 0 aliphatic rings. The molecule has 1 unspecified atom stereocenters. The molecule has 2 rings (SSSR count). The number of rotatable bonds is 5. The summed E-state index contributed by atoms with van der Waals surface area (Å²) in [5.74, 6) is 0.889. The molecular weight excluding hydrogens is 246 g/mol. The highest BCUT2D eigenvalue weighted by atomic mass is 32.1. The zero-order valence-electron chi connectivity index (χ0n) is 11.3. The Bertz CT molecular complexity index is 497. The van der Waals surface area contributed by atoms with E-state index < -0.39 is 0 Å². The average molecular weight is 265 g/mol. The van der Waals surface area contributed by atoms with Crippen LogP contribution in [0.2, 0.25) is 0 Å². The lowest BCUT2D eigenvalue weighted by molar-refractivity contribution is 0.518. The van der Waals surface area contributed by atoms with Crippen molar-refractivity contribution in [3.63, 3.8) is 0 Å². The van der Waals surface area contributed by atoms with Gasteiger partial charge in [0, 0.05) is 9.75 Å². The first-order valence-electron chi connectivity index (χ1n) is 6.17. The molecule has 0 amide bonds. The topological polar surface area (TPSA) is 55.6 Å². The largest absolute Gasteiger partial charge is 0.308 e. The van der Waals surface area contributed by atoms with Gasteiger partial charge in [-0.15, -0.1) is 16.4 Å². The predicted octanol–water partition coefficient (Wildman–Crippen LogP) is 2.07. The normalized spacial score (nSPS) is 12.9. The van der Waals surface area contributed by atoms with Gasteiger partial charge in [0.2, 0.25) is 0 Å². The maximum absolute atomic E-state index is 4.10. The van der Waals surface area contributed by atoms with Crippen LogP contribution in [0.3, 0.4) is 0 Å². The molecule has 1 N–H and O–H groups in total. The van der Waals surface area contributed by atoms with Crippen LogP contribution in [0.4, 0.5) is 0 Å². The summed E-state index contributed by atoms with van der Waals surface area (Å²) in [7, 11) is 0. The summed E-state index contributed by atoms with van der Waals surface area (Å²) in [5, 5.41) is 15.3. The second-order valence-corrected chi connectivity index (χ2v) is 5.77. The number of hydrogen-bond acceptors (Lipinski definition) is 5. The zero-order chi connectivity index (χ0) is 13.1. The number of thiophene rings is 1. The highest BCUT2D eigenvalue weighted by Crippen LogP contribution is 2.22. The van der Waals surface area contributed by atoms with Gasteiger partial charge in [-0.2, -0.15) is 0 Å². The summed E-state index contributed by atoms with van der Waals surface area (Å²) < 4.78 is 1.87. The Balaban J connectivity index is 2.17. The highest BCUT2D eigenvalue weighted by molar-refractivity contribution is 7.12. The predicted molar refractivity (Wildman–Crippen MR) is 72.8 cm³/mol. The highest BCUT2D eigenvalue weighted by Gasteiger charge is 2.14. The number of aromatic nitrogens is 4. The van der Waals surface area contributed by atoms with Crippen LogP contribution in [-0.4, -0.2) is 26.8 Å². The number of aryl methyl sites for hydroxylation is 2. The molecule has 1 atom stereocenters. The minimum absolute atomic E-state index is 0.173. The van der Waals surface area contributed by atoms with Crippen molar-refractivity contribution < 1.29 is 0 Å². The van der Waals surface area contributed by atoms with E-state index in [0.717, 1.165) is 18.9 Å². The Hall–Kier alpha value is -1.27. The van der Waals surface area contributed by atoms with E-state index in [4.69, 9.17) is 0 Å². The van der Waals surface area contributed by atoms with Crippen molar-refractivity contribution in [1.82, 2.24) is 25.5 Å². The zero-order valence-corrected chi connectivity index (χ0v) is 12.1. The monoisotopic (exact) mass is 265 g/mol. The second kappa shape index (κ2) is 5.58. The first-order chi connectivity index (χ1) is 8.61. The van der Waals surface area contributed by atoms with Crippen LogP contribution in [0, 0.1) is 13.8 Å². The van der Waals surface area contributed by atoms with Gasteiger partial charge >= 0.3 is 0 Å². The van der Waals surface area contributed by atoms with Gasteiger partial charge in [0.05, 0.1) is 12.6 Å². The third-order valence-corrected chi connectivity index (χ3v) is 4.12. The summed E-state index contributed by atoms with van der Waals surface area (Å²) in [6.45, 7) is 10.1. The second-order valence-electron chi connectivity index (χ2n) is 4.43. The lowest BCUT2D eigenvalue weighted by Gasteiger charge is -2.11. The van der Waals surface area contributed by atoms with Crippen molar-refractivity contribution in [1.29, 1.82) is 0 Å². The van der Waals surface area contributed by atoms with E-state index in [1.165, 1.54) is 15.3 Å².